The molecule has 0 saturated carbocycles. The fourth-order valence-corrected chi connectivity index (χ4v) is 2.06. The van der Waals surface area contributed by atoms with Crippen molar-refractivity contribution in [3.8, 4) is 0 Å². The molecule has 0 bridgehead atoms. The Hall–Kier alpha value is -1.36. The van der Waals surface area contributed by atoms with Crippen molar-refractivity contribution in [3.63, 3.8) is 0 Å². The van der Waals surface area contributed by atoms with Gasteiger partial charge in [-0.15, -0.1) is 0 Å². The van der Waals surface area contributed by atoms with Gasteiger partial charge in [-0.25, -0.2) is 4.68 Å². The standard InChI is InChI=1S/C12H20N4O/c1-2-10(13)9-16-12(17)7-11(8-14-16)15-5-3-4-6-15/h7-8,10H,2-6,9,13H2,1H3. The van der Waals surface area contributed by atoms with E-state index >= 15 is 0 Å². The van der Waals surface area contributed by atoms with Crippen LogP contribution in [0.1, 0.15) is 26.2 Å². The van der Waals surface area contributed by atoms with Gasteiger partial charge in [0.15, 0.2) is 0 Å². The van der Waals surface area contributed by atoms with Gasteiger partial charge >= 0.3 is 0 Å². The summed E-state index contributed by atoms with van der Waals surface area (Å²) in [5.74, 6) is 0. The Bertz CT molecular complexity index is 423. The Morgan fingerprint density at radius 2 is 2.18 bits per heavy atom. The van der Waals surface area contributed by atoms with Crippen LogP contribution >= 0.6 is 0 Å². The minimum absolute atomic E-state index is 0.00200. The van der Waals surface area contributed by atoms with E-state index in [2.05, 4.69) is 10.00 Å². The van der Waals surface area contributed by atoms with Crippen molar-refractivity contribution in [2.45, 2.75) is 38.8 Å². The van der Waals surface area contributed by atoms with Crippen LogP contribution in [0.4, 0.5) is 5.69 Å². The molecule has 2 rings (SSSR count). The van der Waals surface area contributed by atoms with Gasteiger partial charge in [0.2, 0.25) is 0 Å². The first-order valence-electron chi connectivity index (χ1n) is 6.28. The van der Waals surface area contributed by atoms with E-state index in [1.807, 2.05) is 6.92 Å². The molecule has 5 nitrogen and oxygen atoms in total. The largest absolute Gasteiger partial charge is 0.370 e. The molecule has 1 unspecified atom stereocenters. The number of aromatic nitrogens is 2. The lowest BCUT2D eigenvalue weighted by molar-refractivity contribution is 0.480. The summed E-state index contributed by atoms with van der Waals surface area (Å²) in [6.45, 7) is 4.56. The van der Waals surface area contributed by atoms with Gasteiger partial charge in [0.25, 0.3) is 5.56 Å². The fraction of sp³-hybridized carbons (Fsp3) is 0.667. The van der Waals surface area contributed by atoms with Gasteiger partial charge in [-0.2, -0.15) is 5.10 Å². The minimum Gasteiger partial charge on any atom is -0.370 e. The molecule has 1 aromatic rings. The molecule has 1 fully saturated rings. The minimum atomic E-state index is -0.0571. The molecular formula is C12H20N4O. The van der Waals surface area contributed by atoms with Crippen molar-refractivity contribution >= 4 is 5.69 Å². The van der Waals surface area contributed by atoms with Gasteiger partial charge in [0.05, 0.1) is 18.4 Å². The maximum atomic E-state index is 11.9. The molecule has 0 amide bonds. The Kier molecular flexibility index (Phi) is 3.78. The molecule has 0 aliphatic carbocycles. The molecule has 17 heavy (non-hydrogen) atoms. The fourth-order valence-electron chi connectivity index (χ4n) is 2.06. The Morgan fingerprint density at radius 1 is 1.47 bits per heavy atom. The van der Waals surface area contributed by atoms with E-state index in [0.29, 0.717) is 6.54 Å². The van der Waals surface area contributed by atoms with Crippen molar-refractivity contribution in [3.05, 3.63) is 22.6 Å². The van der Waals surface area contributed by atoms with Crippen molar-refractivity contribution in [2.75, 3.05) is 18.0 Å². The van der Waals surface area contributed by atoms with Crippen molar-refractivity contribution in [2.24, 2.45) is 5.73 Å². The summed E-state index contributed by atoms with van der Waals surface area (Å²) in [7, 11) is 0. The topological polar surface area (TPSA) is 64.2 Å². The monoisotopic (exact) mass is 236 g/mol. The van der Waals surface area contributed by atoms with Gasteiger partial charge in [0, 0.05) is 25.2 Å². The lowest BCUT2D eigenvalue weighted by Crippen LogP contribution is -2.33. The van der Waals surface area contributed by atoms with Crippen molar-refractivity contribution in [1.82, 2.24) is 9.78 Å². The van der Waals surface area contributed by atoms with Crippen molar-refractivity contribution < 1.29 is 0 Å². The zero-order valence-corrected chi connectivity index (χ0v) is 10.3. The smallest absolute Gasteiger partial charge is 0.268 e. The third-order valence-electron chi connectivity index (χ3n) is 3.26. The molecule has 0 spiro atoms. The van der Waals surface area contributed by atoms with Crippen LogP contribution in [0.5, 0.6) is 0 Å². The molecule has 0 aromatic carbocycles. The number of hydrogen-bond donors (Lipinski definition) is 1. The molecule has 94 valence electrons. The molecule has 1 saturated heterocycles. The summed E-state index contributed by atoms with van der Waals surface area (Å²) in [6, 6.07) is 1.67. The second-order valence-corrected chi connectivity index (χ2v) is 4.60. The summed E-state index contributed by atoms with van der Waals surface area (Å²) in [6.07, 6.45) is 5.02. The van der Waals surface area contributed by atoms with Crippen LogP contribution in [-0.2, 0) is 6.54 Å². The maximum absolute atomic E-state index is 11.9. The molecule has 1 atom stereocenters. The van der Waals surface area contributed by atoms with E-state index < -0.39 is 0 Å². The zero-order valence-electron chi connectivity index (χ0n) is 10.3. The quantitative estimate of drug-likeness (QED) is 0.830. The first kappa shape index (κ1) is 12.1. The van der Waals surface area contributed by atoms with E-state index in [-0.39, 0.29) is 11.6 Å². The summed E-state index contributed by atoms with van der Waals surface area (Å²) in [4.78, 5) is 14.1. The van der Waals surface area contributed by atoms with Gasteiger partial charge in [-0.1, -0.05) is 6.92 Å². The second-order valence-electron chi connectivity index (χ2n) is 4.60. The maximum Gasteiger partial charge on any atom is 0.268 e. The Balaban J connectivity index is 2.13. The van der Waals surface area contributed by atoms with Crippen LogP contribution in [0.15, 0.2) is 17.1 Å². The van der Waals surface area contributed by atoms with E-state index in [9.17, 15) is 4.79 Å². The van der Waals surface area contributed by atoms with Crippen LogP contribution < -0.4 is 16.2 Å². The molecule has 5 heteroatoms. The van der Waals surface area contributed by atoms with E-state index in [0.717, 1.165) is 25.2 Å². The number of rotatable bonds is 4. The molecular weight excluding hydrogens is 216 g/mol. The normalized spacial score (nSPS) is 17.4. The molecule has 1 aromatic heterocycles. The highest BCUT2D eigenvalue weighted by atomic mass is 16.1. The molecule has 1 aliphatic rings. The average molecular weight is 236 g/mol. The van der Waals surface area contributed by atoms with Gasteiger partial charge in [0.1, 0.15) is 0 Å². The average Bonchev–Trinajstić information content (AvgIpc) is 2.85. The highest BCUT2D eigenvalue weighted by Gasteiger charge is 2.14. The number of anilines is 1. The Morgan fingerprint density at radius 3 is 2.76 bits per heavy atom. The third kappa shape index (κ3) is 2.85. The van der Waals surface area contributed by atoms with Gasteiger partial charge in [-0.3, -0.25) is 4.79 Å². The summed E-state index contributed by atoms with van der Waals surface area (Å²) >= 11 is 0. The van der Waals surface area contributed by atoms with E-state index in [4.69, 9.17) is 5.73 Å². The lowest BCUT2D eigenvalue weighted by Gasteiger charge is -2.17. The van der Waals surface area contributed by atoms with Crippen LogP contribution in [-0.4, -0.2) is 28.9 Å². The van der Waals surface area contributed by atoms with Crippen molar-refractivity contribution in [1.29, 1.82) is 0 Å². The number of nitrogens with two attached hydrogens (primary N) is 1. The first-order valence-corrected chi connectivity index (χ1v) is 6.28. The lowest BCUT2D eigenvalue weighted by atomic mass is 10.2. The van der Waals surface area contributed by atoms with E-state index in [1.165, 1.54) is 17.5 Å². The molecule has 2 N–H and O–H groups in total. The number of hydrogen-bond acceptors (Lipinski definition) is 4. The van der Waals surface area contributed by atoms with Crippen LogP contribution in [0.25, 0.3) is 0 Å². The van der Waals surface area contributed by atoms with E-state index in [1.54, 1.807) is 12.3 Å². The highest BCUT2D eigenvalue weighted by molar-refractivity contribution is 5.43. The van der Waals surface area contributed by atoms with Gasteiger partial charge in [-0.05, 0) is 19.3 Å². The first-order chi connectivity index (χ1) is 8.20. The third-order valence-corrected chi connectivity index (χ3v) is 3.26. The summed E-state index contributed by atoms with van der Waals surface area (Å²) < 4.78 is 1.45. The van der Waals surface area contributed by atoms with Crippen LogP contribution in [0, 0.1) is 0 Å². The molecule has 1 aliphatic heterocycles. The molecule has 0 radical (unpaired) electrons. The summed E-state index contributed by atoms with van der Waals surface area (Å²) in [5, 5.41) is 4.19. The zero-order chi connectivity index (χ0) is 12.3. The second kappa shape index (κ2) is 5.31. The Labute approximate surface area is 101 Å². The van der Waals surface area contributed by atoms with Gasteiger partial charge < -0.3 is 10.6 Å². The van der Waals surface area contributed by atoms with Crippen LogP contribution in [0.2, 0.25) is 0 Å². The number of nitrogens with zero attached hydrogens (tertiary/aromatic N) is 3. The predicted molar refractivity (Wildman–Crippen MR) is 68.2 cm³/mol. The summed E-state index contributed by atoms with van der Waals surface area (Å²) in [5.41, 5.74) is 6.71. The SMILES string of the molecule is CCC(N)Cn1ncc(N2CCCC2)cc1=O. The van der Waals surface area contributed by atoms with Crippen LogP contribution in [0.3, 0.4) is 0 Å². The highest BCUT2D eigenvalue weighted by Crippen LogP contribution is 2.16. The predicted octanol–water partition coefficient (Wildman–Crippen LogP) is 0.581. The molecule has 2 heterocycles.